The second-order valence-corrected chi connectivity index (χ2v) is 19.8. The predicted octanol–water partition coefficient (Wildman–Crippen LogP) is 6.59. The number of ether oxygens (including phenoxy) is 3. The van der Waals surface area contributed by atoms with Crippen molar-refractivity contribution in [2.45, 2.75) is 81.1 Å². The first kappa shape index (κ1) is 71.2. The fraction of sp³-hybridized carbons (Fsp3) is 0.343. The molecule has 464 valence electrons. The molecule has 0 spiro atoms. The third-order valence-electron chi connectivity index (χ3n) is 14.9. The molecule has 0 radical (unpaired) electrons. The highest BCUT2D eigenvalue weighted by Gasteiger charge is 2.25. The number of aliphatic hydroxyl groups excluding tert-OH is 1. The summed E-state index contributed by atoms with van der Waals surface area (Å²) >= 11 is 0. The van der Waals surface area contributed by atoms with Gasteiger partial charge in [0.05, 0.1) is 43.1 Å². The topological polar surface area (TPSA) is 175 Å². The van der Waals surface area contributed by atoms with Gasteiger partial charge in [0.15, 0.2) is 0 Å². The van der Waals surface area contributed by atoms with E-state index in [0.717, 1.165) is 148 Å². The van der Waals surface area contributed by atoms with Crippen molar-refractivity contribution in [1.29, 1.82) is 0 Å². The van der Waals surface area contributed by atoms with Crippen LogP contribution >= 0.6 is 0 Å². The number of fused-ring (bicyclic) bond motifs is 4. The number of aromatic carboxylic acids is 1. The summed E-state index contributed by atoms with van der Waals surface area (Å²) in [5.74, 6) is -0.682. The normalized spacial score (nSPS) is 10.5. The van der Waals surface area contributed by atoms with Gasteiger partial charge in [0.25, 0.3) is 0 Å². The number of halogens is 2. The van der Waals surface area contributed by atoms with Crippen LogP contribution in [0.1, 0.15) is 102 Å². The zero-order valence-electron chi connectivity index (χ0n) is 51.5. The number of hydrogen-bond donors (Lipinski definition) is 2. The number of aliphatic hydroxyl groups is 1. The van der Waals surface area contributed by atoms with Gasteiger partial charge in [-0.05, 0) is 141 Å². The molecule has 4 aliphatic rings. The van der Waals surface area contributed by atoms with Gasteiger partial charge in [0, 0.05) is 114 Å². The Labute approximate surface area is 524 Å². The van der Waals surface area contributed by atoms with E-state index in [9.17, 15) is 24.3 Å². The lowest BCUT2D eigenvalue weighted by Crippen LogP contribution is -3.00. The fourth-order valence-electron chi connectivity index (χ4n) is 10.3. The number of unbranched alkanes of at least 4 members (excludes halogenated alkanes) is 2. The van der Waals surface area contributed by atoms with E-state index in [4.69, 9.17) is 23.4 Å². The van der Waals surface area contributed by atoms with E-state index in [1.807, 2.05) is 30.3 Å². The highest BCUT2D eigenvalue weighted by molar-refractivity contribution is 6.09. The van der Waals surface area contributed by atoms with Gasteiger partial charge in [-0.15, -0.1) is 0 Å². The van der Waals surface area contributed by atoms with Gasteiger partial charge in [-0.1, -0.05) is 49.6 Å². The highest BCUT2D eigenvalue weighted by Crippen LogP contribution is 2.44. The maximum absolute atomic E-state index is 13.4. The molecule has 0 atom stereocenters. The number of anilines is 2. The summed E-state index contributed by atoms with van der Waals surface area (Å²) in [5.41, 5.74) is 9.61. The van der Waals surface area contributed by atoms with Crippen molar-refractivity contribution in [3.8, 4) is 44.9 Å². The first-order valence-corrected chi connectivity index (χ1v) is 29.7. The molecule has 0 saturated carbocycles. The first-order chi connectivity index (χ1) is 41.3. The van der Waals surface area contributed by atoms with Crippen LogP contribution < -0.4 is 54.5 Å². The average molecular weight is 1230 g/mol. The van der Waals surface area contributed by atoms with Crippen LogP contribution in [-0.4, -0.2) is 113 Å². The van der Waals surface area contributed by atoms with Gasteiger partial charge >= 0.3 is 23.9 Å². The fourth-order valence-corrected chi connectivity index (χ4v) is 10.3. The molecular weight excluding hydrogens is 1140 g/mol. The van der Waals surface area contributed by atoms with E-state index in [1.165, 1.54) is 0 Å². The van der Waals surface area contributed by atoms with Crippen LogP contribution in [0.15, 0.2) is 155 Å². The van der Waals surface area contributed by atoms with Gasteiger partial charge in [-0.25, -0.2) is 28.3 Å². The van der Waals surface area contributed by atoms with Crippen LogP contribution in [-0.2, 0) is 23.8 Å². The van der Waals surface area contributed by atoms with Crippen molar-refractivity contribution < 1.29 is 77.3 Å². The van der Waals surface area contributed by atoms with Crippen molar-refractivity contribution in [1.82, 2.24) is 9.15 Å². The van der Waals surface area contributed by atoms with Crippen molar-refractivity contribution in [2.75, 3.05) is 88.6 Å². The lowest BCUT2D eigenvalue weighted by molar-refractivity contribution is -0.138. The Morgan fingerprint density at radius 3 is 1.28 bits per heavy atom. The summed E-state index contributed by atoms with van der Waals surface area (Å²) in [6.45, 7) is 31.9. The standard InChI is InChI=1S/C35H41N2O5.C28H30N2O3.C7H12O3.2ClH/c1-6-33(38)40-21-13-14-22-41-35(39)28-16-12-11-15-27(28)34-29-19-17-25(36(7-2)8-3)23-31(29)42-32-24-26(18-20-30(32)34)37(9-4)10-5;1-5-29(6-2)19-13-15-23-25(17-19)33-26-18-20(30(7-3)8-4)14-16-24(26)27(23)21-11-9-10-12-22(21)28(31)32;1-2-7(9)10-6-4-3-5-8;;/h6,11-12,15-20,23-24H,1,7-10,13-14,21-22H2,2-5H3;9-18H,5-8H2,1-4H3;2,8H,1,3-6H2;2*1H/q+1;;;;/p-1. The minimum Gasteiger partial charge on any atom is -1.00 e. The molecule has 2 heterocycles. The van der Waals surface area contributed by atoms with E-state index in [1.54, 1.807) is 18.2 Å². The van der Waals surface area contributed by atoms with Crippen LogP contribution in [0.25, 0.3) is 66.8 Å². The summed E-state index contributed by atoms with van der Waals surface area (Å²) in [7, 11) is 0. The van der Waals surface area contributed by atoms with Gasteiger partial charge in [0.2, 0.25) is 10.7 Å². The Bertz CT molecular complexity index is 3660. The molecule has 0 aromatic heterocycles. The third kappa shape index (κ3) is 18.2. The van der Waals surface area contributed by atoms with E-state index < -0.39 is 23.9 Å². The van der Waals surface area contributed by atoms with Crippen molar-refractivity contribution in [2.24, 2.45) is 0 Å². The monoisotopic (exact) mass is 1230 g/mol. The lowest BCUT2D eigenvalue weighted by atomic mass is 9.90. The number of rotatable bonds is 25. The number of carbonyl (C=O) groups excluding carboxylic acids is 3. The van der Waals surface area contributed by atoms with Crippen LogP contribution in [0.4, 0.5) is 11.4 Å². The molecular formula is C70H84Cl2N4O11. The molecule has 4 aromatic rings. The Kier molecular flexibility index (Phi) is 29.5. The third-order valence-corrected chi connectivity index (χ3v) is 14.9. The van der Waals surface area contributed by atoms with Gasteiger partial charge in [-0.3, -0.25) is 0 Å². The molecule has 2 aliphatic heterocycles. The Morgan fingerprint density at radius 2 is 0.885 bits per heavy atom. The van der Waals surface area contributed by atoms with Gasteiger partial charge < -0.3 is 67.9 Å². The van der Waals surface area contributed by atoms with Crippen molar-refractivity contribution in [3.63, 3.8) is 0 Å². The van der Waals surface area contributed by atoms with Gasteiger partial charge in [-0.2, -0.15) is 0 Å². The molecule has 87 heavy (non-hydrogen) atoms. The van der Waals surface area contributed by atoms with Crippen LogP contribution in [0.5, 0.6) is 0 Å². The average Bonchev–Trinajstić information content (AvgIpc) is 1.09. The molecule has 0 amide bonds. The van der Waals surface area contributed by atoms with Crippen molar-refractivity contribution >= 4 is 57.2 Å². The number of nitrogens with zero attached hydrogens (tertiary/aromatic N) is 4. The molecule has 15 nitrogen and oxygen atoms in total. The summed E-state index contributed by atoms with van der Waals surface area (Å²) in [4.78, 5) is 51.6. The van der Waals surface area contributed by atoms with E-state index in [0.29, 0.717) is 43.4 Å². The smallest absolute Gasteiger partial charge is 0.338 e. The molecule has 0 unspecified atom stereocenters. The number of carboxylic acid groups (broad SMARTS) is 1. The Morgan fingerprint density at radius 1 is 0.494 bits per heavy atom. The lowest BCUT2D eigenvalue weighted by Gasteiger charge is -2.22. The zero-order chi connectivity index (χ0) is 61.4. The minimum absolute atomic E-state index is 0. The Balaban J connectivity index is 0.000000321. The molecule has 0 saturated heterocycles. The van der Waals surface area contributed by atoms with Crippen LogP contribution in [0, 0.1) is 0 Å². The summed E-state index contributed by atoms with van der Waals surface area (Å²) in [6, 6.07) is 39.8. The number of esters is 3. The zero-order valence-corrected chi connectivity index (χ0v) is 53.1. The molecule has 0 fully saturated rings. The number of hydrogen-bond acceptors (Lipinski definition) is 12. The van der Waals surface area contributed by atoms with E-state index in [-0.39, 0.29) is 50.2 Å². The maximum Gasteiger partial charge on any atom is 0.338 e. The number of carboxylic acids is 1. The predicted molar refractivity (Wildman–Crippen MR) is 341 cm³/mol. The van der Waals surface area contributed by atoms with Gasteiger partial charge in [0.1, 0.15) is 48.9 Å². The summed E-state index contributed by atoms with van der Waals surface area (Å²) < 4.78 is 32.9. The van der Waals surface area contributed by atoms with Crippen LogP contribution in [0.2, 0.25) is 0 Å². The quantitative estimate of drug-likeness (QED) is 0.0157. The first-order valence-electron chi connectivity index (χ1n) is 29.7. The molecule has 8 rings (SSSR count). The molecule has 2 N–H and O–H groups in total. The number of carbonyl (C=O) groups is 4. The second-order valence-electron chi connectivity index (χ2n) is 19.8. The molecule has 2 aliphatic carbocycles. The number of benzene rings is 6. The second kappa shape index (κ2) is 36.0. The van der Waals surface area contributed by atoms with E-state index >= 15 is 0 Å². The summed E-state index contributed by atoms with van der Waals surface area (Å²) in [6.07, 6.45) is 4.81. The van der Waals surface area contributed by atoms with Crippen LogP contribution in [0.3, 0.4) is 0 Å². The molecule has 4 aromatic carbocycles. The summed E-state index contributed by atoms with van der Waals surface area (Å²) in [5, 5.41) is 22.2. The van der Waals surface area contributed by atoms with E-state index in [2.05, 4.69) is 165 Å². The SMILES string of the molecule is C=CC(=O)OCCCCO.C=CC(=O)OCCCCOC(=O)c1ccccc1-c1c2ccc(=[N+](CC)CC)cc-2oc2cc(N(CC)CC)ccc12.CCN(CC)c1ccc2c(-c3ccccc3C(=O)O)c3ccc(=[N+](CC)CC)cc-3oc2c1.[Cl-].[Cl-]. The molecule has 0 bridgehead atoms. The Hall–Kier alpha value is -8.24. The van der Waals surface area contributed by atoms with Crippen molar-refractivity contribution in [3.05, 3.63) is 168 Å². The maximum atomic E-state index is 13.4. The minimum atomic E-state index is -0.938. The molecule has 17 heteroatoms. The highest BCUT2D eigenvalue weighted by atomic mass is 35.5. The largest absolute Gasteiger partial charge is 1.00 e.